The molecule has 3 saturated heterocycles. The number of hydrogen-bond donors (Lipinski definition) is 16. The van der Waals surface area contributed by atoms with Crippen molar-refractivity contribution < 1.29 is 146 Å². The standard InChI is InChI=1S/C62H110N8O30/c1-36(74)66-48-54(83)51(80)42(33-71)97-59(48)94-28-25-91-22-19-88-16-13-63-45(77)12-11-41(69-57(86)39-7-9-40(10-8-39)100-62(4,5)6)58(87)70(31-46(78)64-14-17-89-20-23-92-26-29-95-60-49(67-37(2)75)55(84)52(81)43(34-72)98-60)32-47(79)65-15-18-90-21-24-93-27-30-96-61-50(68-38(3)76)56(85)53(82)44(35-73)99-61/h39-44,48-56,59-61,71-73,80-85H,7-35H2,1-6H3,(H,63,77)(H,64,78)(H,65,79)(H,66,74)(H,67,75)(H,68,76)(H,69,86)/t39-,40+,41?,42?,43?,44?,48?,49?,50?,51?,52?,53?,54?,55?,56?,59?,60?,61?. The molecule has 0 aromatic heterocycles. The van der Waals surface area contributed by atoms with Crippen LogP contribution in [0.15, 0.2) is 0 Å². The molecule has 16 N–H and O–H groups in total. The Kier molecular flexibility index (Phi) is 41.3. The zero-order valence-electron chi connectivity index (χ0n) is 57.9. The van der Waals surface area contributed by atoms with Gasteiger partial charge in [0.05, 0.1) is 131 Å². The van der Waals surface area contributed by atoms with Crippen LogP contribution in [0.3, 0.4) is 0 Å². The van der Waals surface area contributed by atoms with Gasteiger partial charge in [-0.2, -0.15) is 0 Å². The highest BCUT2D eigenvalue weighted by atomic mass is 16.7. The lowest BCUT2D eigenvalue weighted by Crippen LogP contribution is -2.64. The van der Waals surface area contributed by atoms with Crippen LogP contribution in [0.2, 0.25) is 0 Å². The Morgan fingerprint density at radius 2 is 0.770 bits per heavy atom. The van der Waals surface area contributed by atoms with E-state index in [1.54, 1.807) is 0 Å². The molecule has 16 unspecified atom stereocenters. The van der Waals surface area contributed by atoms with Gasteiger partial charge in [0.15, 0.2) is 18.9 Å². The maximum Gasteiger partial charge on any atom is 0.246 e. The first-order valence-electron chi connectivity index (χ1n) is 33.7. The van der Waals surface area contributed by atoms with Gasteiger partial charge >= 0.3 is 0 Å². The van der Waals surface area contributed by atoms with Crippen molar-refractivity contribution in [2.24, 2.45) is 5.92 Å². The van der Waals surface area contributed by atoms with Gasteiger partial charge in [-0.1, -0.05) is 0 Å². The molecule has 0 bridgehead atoms. The second-order valence-corrected chi connectivity index (χ2v) is 25.1. The molecule has 100 heavy (non-hydrogen) atoms. The molecule has 1 aliphatic carbocycles. The summed E-state index contributed by atoms with van der Waals surface area (Å²) in [6.07, 6.45) is -14.6. The van der Waals surface area contributed by atoms with Crippen LogP contribution >= 0.6 is 0 Å². The summed E-state index contributed by atoms with van der Waals surface area (Å²) in [4.78, 5) is 105. The van der Waals surface area contributed by atoms with Crippen molar-refractivity contribution in [2.45, 2.75) is 190 Å². The number of aliphatic hydroxyl groups excluding tert-OH is 9. The molecule has 0 aromatic carbocycles. The van der Waals surface area contributed by atoms with Gasteiger partial charge in [-0.15, -0.1) is 0 Å². The molecule has 0 radical (unpaired) electrons. The summed E-state index contributed by atoms with van der Waals surface area (Å²) in [5, 5.41) is 109. The number of ether oxygens (including phenoxy) is 13. The smallest absolute Gasteiger partial charge is 0.246 e. The topological polar surface area (TPSA) is 526 Å². The van der Waals surface area contributed by atoms with Crippen LogP contribution < -0.4 is 37.2 Å². The average Bonchev–Trinajstić information content (AvgIpc) is 0.822. The van der Waals surface area contributed by atoms with Gasteiger partial charge < -0.3 is 150 Å². The number of carbonyl (C=O) groups excluding carboxylic acids is 8. The van der Waals surface area contributed by atoms with Crippen LogP contribution in [0, 0.1) is 5.92 Å². The highest BCUT2D eigenvalue weighted by Gasteiger charge is 2.48. The summed E-state index contributed by atoms with van der Waals surface area (Å²) in [6.45, 7) is 6.48. The minimum absolute atomic E-state index is 0.00967. The second kappa shape index (κ2) is 47.3. The molecule has 578 valence electrons. The molecule has 16 atom stereocenters. The lowest BCUT2D eigenvalue weighted by molar-refractivity contribution is -0.272. The minimum atomic E-state index is -1.49. The van der Waals surface area contributed by atoms with Crippen molar-refractivity contribution in [3.63, 3.8) is 0 Å². The van der Waals surface area contributed by atoms with Gasteiger partial charge in [-0.3, -0.25) is 38.4 Å². The molecule has 4 aliphatic rings. The predicted molar refractivity (Wildman–Crippen MR) is 342 cm³/mol. The Bertz CT molecular complexity index is 2330. The van der Waals surface area contributed by atoms with Crippen molar-refractivity contribution in [3.05, 3.63) is 0 Å². The summed E-state index contributed by atoms with van der Waals surface area (Å²) in [7, 11) is 0. The summed E-state index contributed by atoms with van der Waals surface area (Å²) >= 11 is 0. The molecule has 3 aliphatic heterocycles. The van der Waals surface area contributed by atoms with Gasteiger partial charge in [0.2, 0.25) is 47.3 Å². The fraction of sp³-hybridized carbons (Fsp3) is 0.871. The highest BCUT2D eigenvalue weighted by molar-refractivity contribution is 5.94. The molecule has 4 rings (SSSR count). The van der Waals surface area contributed by atoms with Crippen LogP contribution in [-0.4, -0.2) is 359 Å². The van der Waals surface area contributed by atoms with E-state index in [0.717, 1.165) is 4.90 Å². The maximum absolute atomic E-state index is 14.7. The Morgan fingerprint density at radius 3 is 1.09 bits per heavy atom. The molecule has 3 heterocycles. The van der Waals surface area contributed by atoms with E-state index in [0.29, 0.717) is 25.7 Å². The first-order valence-corrected chi connectivity index (χ1v) is 33.7. The number of aliphatic hydroxyl groups is 9. The second-order valence-electron chi connectivity index (χ2n) is 25.1. The van der Waals surface area contributed by atoms with E-state index < -0.39 is 190 Å². The molecular weight excluding hydrogens is 1340 g/mol. The fourth-order valence-corrected chi connectivity index (χ4v) is 11.0. The molecule has 0 aromatic rings. The third kappa shape index (κ3) is 32.3. The molecule has 8 amide bonds. The highest BCUT2D eigenvalue weighted by Crippen LogP contribution is 2.30. The first kappa shape index (κ1) is 87.3. The number of nitrogens with zero attached hydrogens (tertiary/aromatic N) is 1. The SMILES string of the molecule is CC(=O)NC1C(OCCOCCOCCNC(=O)CCC(NC(=O)[C@H]2CC[C@@H](OC(C)(C)C)CC2)C(=O)N(CC(=O)NCCOCCOCCOC2OC(CO)C(O)C(O)C2NC(C)=O)CC(=O)NCCOCCOCCOC2OC(CO)C(O)C(O)C2NC(C)=O)OC(CO)C(O)C1O. The number of nitrogens with one attached hydrogen (secondary N) is 7. The Balaban J connectivity index is 1.31. The Morgan fingerprint density at radius 1 is 0.450 bits per heavy atom. The van der Waals surface area contributed by atoms with E-state index >= 15 is 0 Å². The third-order valence-electron chi connectivity index (χ3n) is 15.9. The number of carbonyl (C=O) groups is 8. The van der Waals surface area contributed by atoms with E-state index in [1.165, 1.54) is 20.8 Å². The quantitative estimate of drug-likeness (QED) is 0.0252. The maximum atomic E-state index is 14.7. The van der Waals surface area contributed by atoms with E-state index in [2.05, 4.69) is 37.2 Å². The lowest BCUT2D eigenvalue weighted by atomic mass is 9.86. The zero-order chi connectivity index (χ0) is 73.7. The molecule has 38 heteroatoms. The van der Waals surface area contributed by atoms with Gasteiger partial charge in [-0.05, 0) is 52.9 Å². The largest absolute Gasteiger partial charge is 0.394 e. The normalized spacial score (nSPS) is 28.1. The van der Waals surface area contributed by atoms with Crippen LogP contribution in [0.4, 0.5) is 0 Å². The van der Waals surface area contributed by atoms with Crippen LogP contribution in [0.5, 0.6) is 0 Å². The zero-order valence-corrected chi connectivity index (χ0v) is 57.9. The summed E-state index contributed by atoms with van der Waals surface area (Å²) < 4.78 is 73.1. The fourth-order valence-electron chi connectivity index (χ4n) is 11.0. The van der Waals surface area contributed by atoms with E-state index in [1.807, 2.05) is 20.8 Å². The summed E-state index contributed by atoms with van der Waals surface area (Å²) in [5.41, 5.74) is -0.417. The molecule has 38 nitrogen and oxygen atoms in total. The Labute approximate surface area is 581 Å². The van der Waals surface area contributed by atoms with Crippen molar-refractivity contribution in [1.29, 1.82) is 0 Å². The molecule has 1 saturated carbocycles. The van der Waals surface area contributed by atoms with Gasteiger partial charge in [0.25, 0.3) is 0 Å². The lowest BCUT2D eigenvalue weighted by Gasteiger charge is -2.42. The first-order chi connectivity index (χ1) is 47.7. The van der Waals surface area contributed by atoms with E-state index in [9.17, 15) is 84.3 Å². The van der Waals surface area contributed by atoms with Crippen LogP contribution in [0.25, 0.3) is 0 Å². The summed E-state index contributed by atoms with van der Waals surface area (Å²) in [6, 6.07) is -4.78. The molecule has 0 spiro atoms. The van der Waals surface area contributed by atoms with E-state index in [4.69, 9.17) is 61.6 Å². The van der Waals surface area contributed by atoms with Crippen LogP contribution in [-0.2, 0) is 99.9 Å². The van der Waals surface area contributed by atoms with Gasteiger partial charge in [0.1, 0.15) is 92.2 Å². The predicted octanol–water partition coefficient (Wildman–Crippen LogP) is -8.22. The van der Waals surface area contributed by atoms with Crippen molar-refractivity contribution in [2.75, 3.05) is 152 Å². The van der Waals surface area contributed by atoms with Crippen molar-refractivity contribution in [1.82, 2.24) is 42.1 Å². The summed E-state index contributed by atoms with van der Waals surface area (Å²) in [5.74, 6) is -5.28. The van der Waals surface area contributed by atoms with Gasteiger partial charge in [0, 0.05) is 52.7 Å². The van der Waals surface area contributed by atoms with Gasteiger partial charge in [-0.25, -0.2) is 0 Å². The number of amides is 8. The molecule has 4 fully saturated rings. The van der Waals surface area contributed by atoms with Crippen molar-refractivity contribution in [3.8, 4) is 0 Å². The third-order valence-corrected chi connectivity index (χ3v) is 15.9. The van der Waals surface area contributed by atoms with Crippen molar-refractivity contribution >= 4 is 47.3 Å². The van der Waals surface area contributed by atoms with Crippen LogP contribution in [0.1, 0.15) is 80.1 Å². The minimum Gasteiger partial charge on any atom is -0.394 e. The number of rotatable bonds is 47. The number of hydrogen-bond acceptors (Lipinski definition) is 30. The average molecular weight is 1450 g/mol. The Hall–Kier alpha value is -5.12. The molecular formula is C62H110N8O30. The monoisotopic (exact) mass is 1450 g/mol. The van der Waals surface area contributed by atoms with E-state index in [-0.39, 0.29) is 138 Å².